The molecule has 1 aromatic rings. The lowest BCUT2D eigenvalue weighted by atomic mass is 10.1. The zero-order valence-corrected chi connectivity index (χ0v) is 11.8. The van der Waals surface area contributed by atoms with E-state index in [-0.39, 0.29) is 18.6 Å². The average molecular weight is 281 g/mol. The number of aliphatic hydroxyl groups is 2. The first kappa shape index (κ1) is 15.1. The highest BCUT2D eigenvalue weighted by Crippen LogP contribution is 2.44. The molecule has 1 aliphatic carbocycles. The van der Waals surface area contributed by atoms with Crippen LogP contribution < -0.4 is 14.8 Å². The molecular formula is C15H23NO4. The molecule has 1 aromatic carbocycles. The minimum Gasteiger partial charge on any atom is -0.493 e. The van der Waals surface area contributed by atoms with Crippen molar-refractivity contribution in [3.05, 3.63) is 24.3 Å². The van der Waals surface area contributed by atoms with E-state index in [1.54, 1.807) is 7.11 Å². The minimum atomic E-state index is -0.589. The first-order chi connectivity index (χ1) is 9.69. The van der Waals surface area contributed by atoms with Crippen LogP contribution >= 0.6 is 0 Å². The summed E-state index contributed by atoms with van der Waals surface area (Å²) in [7, 11) is 1.59. The molecule has 20 heavy (non-hydrogen) atoms. The van der Waals surface area contributed by atoms with Gasteiger partial charge in [0.15, 0.2) is 11.5 Å². The van der Waals surface area contributed by atoms with E-state index >= 15 is 0 Å². The highest BCUT2D eigenvalue weighted by molar-refractivity contribution is 5.39. The molecule has 1 aliphatic rings. The van der Waals surface area contributed by atoms with Crippen LogP contribution in [0.4, 0.5) is 0 Å². The lowest BCUT2D eigenvalue weighted by molar-refractivity contribution is 0.101. The standard InChI is InChI=1S/C15H23NO4/c1-19-13-4-2-3-5-14(13)20-9-12(18)8-16-10-15(11-17)6-7-15/h2-5,12,16-18H,6-11H2,1H3. The molecule has 0 aromatic heterocycles. The molecule has 0 aliphatic heterocycles. The number of benzene rings is 1. The van der Waals surface area contributed by atoms with Gasteiger partial charge in [0.05, 0.1) is 7.11 Å². The third kappa shape index (κ3) is 4.10. The Labute approximate surface area is 119 Å². The van der Waals surface area contributed by atoms with Crippen LogP contribution in [0.25, 0.3) is 0 Å². The van der Waals surface area contributed by atoms with Crippen molar-refractivity contribution in [3.8, 4) is 11.5 Å². The maximum absolute atomic E-state index is 9.87. The van der Waals surface area contributed by atoms with Gasteiger partial charge >= 0.3 is 0 Å². The molecule has 0 amide bonds. The molecule has 1 unspecified atom stereocenters. The molecule has 5 nitrogen and oxygen atoms in total. The van der Waals surface area contributed by atoms with Gasteiger partial charge in [0.2, 0.25) is 0 Å². The van der Waals surface area contributed by atoms with Gasteiger partial charge in [-0.15, -0.1) is 0 Å². The summed E-state index contributed by atoms with van der Waals surface area (Å²) in [4.78, 5) is 0. The molecule has 5 heteroatoms. The van der Waals surface area contributed by atoms with Gasteiger partial charge in [-0.05, 0) is 25.0 Å². The molecule has 0 spiro atoms. The summed E-state index contributed by atoms with van der Waals surface area (Å²) < 4.78 is 10.7. The fourth-order valence-electron chi connectivity index (χ4n) is 2.05. The third-order valence-corrected chi connectivity index (χ3v) is 3.67. The number of nitrogens with one attached hydrogen (secondary N) is 1. The maximum atomic E-state index is 9.87. The first-order valence-electron chi connectivity index (χ1n) is 6.94. The Morgan fingerprint density at radius 2 is 2.00 bits per heavy atom. The fraction of sp³-hybridized carbons (Fsp3) is 0.600. The van der Waals surface area contributed by atoms with Crippen molar-refractivity contribution < 1.29 is 19.7 Å². The number of hydrogen-bond donors (Lipinski definition) is 3. The molecule has 1 saturated carbocycles. The van der Waals surface area contributed by atoms with Crippen molar-refractivity contribution in [2.75, 3.05) is 33.4 Å². The molecule has 1 atom stereocenters. The number of rotatable bonds is 9. The first-order valence-corrected chi connectivity index (χ1v) is 6.94. The Kier molecular flexibility index (Phi) is 5.23. The van der Waals surface area contributed by atoms with E-state index in [0.717, 1.165) is 19.4 Å². The smallest absolute Gasteiger partial charge is 0.161 e. The largest absolute Gasteiger partial charge is 0.493 e. The van der Waals surface area contributed by atoms with E-state index in [2.05, 4.69) is 5.32 Å². The van der Waals surface area contributed by atoms with Crippen LogP contribution in [-0.4, -0.2) is 49.7 Å². The Balaban J connectivity index is 1.68. The summed E-state index contributed by atoms with van der Waals surface area (Å²) in [6.07, 6.45) is 1.53. The van der Waals surface area contributed by atoms with E-state index in [1.807, 2.05) is 24.3 Å². The predicted octanol–water partition coefficient (Wildman–Crippen LogP) is 0.797. The zero-order chi connectivity index (χ0) is 14.4. The van der Waals surface area contributed by atoms with Crippen LogP contribution in [0.2, 0.25) is 0 Å². The quantitative estimate of drug-likeness (QED) is 0.624. The Bertz CT molecular complexity index is 420. The second-order valence-electron chi connectivity index (χ2n) is 5.40. The predicted molar refractivity (Wildman–Crippen MR) is 76.1 cm³/mol. The van der Waals surface area contributed by atoms with Crippen molar-refractivity contribution in [2.45, 2.75) is 18.9 Å². The molecule has 0 radical (unpaired) electrons. The van der Waals surface area contributed by atoms with Crippen molar-refractivity contribution in [1.29, 1.82) is 0 Å². The van der Waals surface area contributed by atoms with Gasteiger partial charge in [-0.3, -0.25) is 0 Å². The summed E-state index contributed by atoms with van der Waals surface area (Å²) in [5.74, 6) is 1.29. The monoisotopic (exact) mass is 281 g/mol. The maximum Gasteiger partial charge on any atom is 0.161 e. The summed E-state index contributed by atoms with van der Waals surface area (Å²) in [6.45, 7) is 1.62. The summed E-state index contributed by atoms with van der Waals surface area (Å²) >= 11 is 0. The highest BCUT2D eigenvalue weighted by atomic mass is 16.5. The molecule has 1 fully saturated rings. The molecule has 2 rings (SSSR count). The molecular weight excluding hydrogens is 258 g/mol. The number of methoxy groups -OCH3 is 1. The topological polar surface area (TPSA) is 71.0 Å². The van der Waals surface area contributed by atoms with Gasteiger partial charge in [-0.1, -0.05) is 12.1 Å². The lowest BCUT2D eigenvalue weighted by Gasteiger charge is -2.17. The Morgan fingerprint density at radius 3 is 2.60 bits per heavy atom. The van der Waals surface area contributed by atoms with Gasteiger partial charge in [0.25, 0.3) is 0 Å². The fourth-order valence-corrected chi connectivity index (χ4v) is 2.05. The highest BCUT2D eigenvalue weighted by Gasteiger charge is 2.41. The van der Waals surface area contributed by atoms with E-state index < -0.39 is 6.10 Å². The second kappa shape index (κ2) is 6.92. The van der Waals surface area contributed by atoms with Gasteiger partial charge in [-0.25, -0.2) is 0 Å². The molecule has 112 valence electrons. The van der Waals surface area contributed by atoms with Crippen LogP contribution in [0.3, 0.4) is 0 Å². The zero-order valence-electron chi connectivity index (χ0n) is 11.8. The van der Waals surface area contributed by atoms with Crippen LogP contribution in [0.1, 0.15) is 12.8 Å². The summed E-state index contributed by atoms with van der Waals surface area (Å²) in [6, 6.07) is 7.36. The van der Waals surface area contributed by atoms with Gasteiger partial charge in [-0.2, -0.15) is 0 Å². The third-order valence-electron chi connectivity index (χ3n) is 3.67. The molecule has 0 saturated heterocycles. The Hall–Kier alpha value is -1.30. The molecule has 3 N–H and O–H groups in total. The lowest BCUT2D eigenvalue weighted by Crippen LogP contribution is -2.35. The van der Waals surface area contributed by atoms with Crippen molar-refractivity contribution in [2.24, 2.45) is 5.41 Å². The molecule has 0 bridgehead atoms. The SMILES string of the molecule is COc1ccccc1OCC(O)CNCC1(CO)CC1. The number of aliphatic hydroxyl groups excluding tert-OH is 2. The normalized spacial score (nSPS) is 17.6. The van der Waals surface area contributed by atoms with Crippen LogP contribution in [0.5, 0.6) is 11.5 Å². The van der Waals surface area contributed by atoms with Gasteiger partial charge in [0, 0.05) is 25.1 Å². The van der Waals surface area contributed by atoms with Crippen LogP contribution in [0.15, 0.2) is 24.3 Å². The number of para-hydroxylation sites is 2. The second-order valence-corrected chi connectivity index (χ2v) is 5.40. The number of ether oxygens (including phenoxy) is 2. The van der Waals surface area contributed by atoms with E-state index in [0.29, 0.717) is 18.0 Å². The van der Waals surface area contributed by atoms with Crippen molar-refractivity contribution in [1.82, 2.24) is 5.32 Å². The van der Waals surface area contributed by atoms with E-state index in [4.69, 9.17) is 9.47 Å². The summed E-state index contributed by atoms with van der Waals surface area (Å²) in [5, 5.41) is 22.2. The van der Waals surface area contributed by atoms with Gasteiger partial charge in [0.1, 0.15) is 12.7 Å². The Morgan fingerprint density at radius 1 is 1.30 bits per heavy atom. The van der Waals surface area contributed by atoms with Crippen LogP contribution in [0, 0.1) is 5.41 Å². The van der Waals surface area contributed by atoms with Gasteiger partial charge < -0.3 is 25.0 Å². The van der Waals surface area contributed by atoms with Crippen LogP contribution in [-0.2, 0) is 0 Å². The minimum absolute atomic E-state index is 0.0588. The van der Waals surface area contributed by atoms with Crippen molar-refractivity contribution in [3.63, 3.8) is 0 Å². The van der Waals surface area contributed by atoms with Crippen molar-refractivity contribution >= 4 is 0 Å². The number of hydrogen-bond acceptors (Lipinski definition) is 5. The summed E-state index contributed by atoms with van der Waals surface area (Å²) in [5.41, 5.74) is 0.0588. The van der Waals surface area contributed by atoms with E-state index in [9.17, 15) is 10.2 Å². The van der Waals surface area contributed by atoms with E-state index in [1.165, 1.54) is 0 Å². The average Bonchev–Trinajstić information content (AvgIpc) is 3.26. The molecule has 0 heterocycles.